The van der Waals surface area contributed by atoms with Crippen molar-refractivity contribution in [2.75, 3.05) is 31.6 Å². The van der Waals surface area contributed by atoms with Crippen LogP contribution in [-0.2, 0) is 13.5 Å². The highest BCUT2D eigenvalue weighted by molar-refractivity contribution is 5.94. The van der Waals surface area contributed by atoms with Crippen LogP contribution in [0.2, 0.25) is 0 Å². The van der Waals surface area contributed by atoms with Gasteiger partial charge in [-0.2, -0.15) is 0 Å². The van der Waals surface area contributed by atoms with E-state index in [4.69, 9.17) is 4.42 Å². The summed E-state index contributed by atoms with van der Waals surface area (Å²) in [6.45, 7) is 0.348. The lowest BCUT2D eigenvalue weighted by Gasteiger charge is -2.39. The fraction of sp³-hybridized carbons (Fsp3) is 0.226. The molecule has 10 nitrogen and oxygen atoms in total. The molecule has 1 aliphatic heterocycles. The second kappa shape index (κ2) is 10.7. The standard InChI is InChI=1S/C31H28FN5O5/c1-35(15-16-38)29(40)19-12-11-18-13-14-37(26(21(18)17-19)20-7-3-4-8-22(20)32)31-34-25(27(39)30(41)36(31)2)28-33-23-9-5-6-10-24(23)42-28/h3-12,17,26,38-39H,13-16H2,1-2H3/t26-/m0/s1. The summed E-state index contributed by atoms with van der Waals surface area (Å²) in [5.41, 5.74) is 2.47. The maximum atomic E-state index is 15.5. The topological polar surface area (TPSA) is 125 Å². The molecule has 0 aliphatic carbocycles. The van der Waals surface area contributed by atoms with Crippen LogP contribution in [0.15, 0.2) is 75.9 Å². The molecule has 0 fully saturated rings. The molecule has 6 rings (SSSR count). The predicted molar refractivity (Wildman–Crippen MR) is 154 cm³/mol. The van der Waals surface area contributed by atoms with E-state index in [1.54, 1.807) is 66.5 Å². The highest BCUT2D eigenvalue weighted by Crippen LogP contribution is 2.40. The van der Waals surface area contributed by atoms with Crippen LogP contribution in [0.1, 0.15) is 33.1 Å². The Morgan fingerprint density at radius 2 is 1.86 bits per heavy atom. The number of anilines is 1. The van der Waals surface area contributed by atoms with Gasteiger partial charge in [-0.1, -0.05) is 36.4 Å². The molecule has 3 heterocycles. The van der Waals surface area contributed by atoms with Gasteiger partial charge in [0.2, 0.25) is 11.7 Å². The number of likely N-dealkylation sites (N-methyl/N-ethyl adjacent to an activating group) is 1. The van der Waals surface area contributed by atoms with Crippen molar-refractivity contribution in [3.8, 4) is 17.3 Å². The third kappa shape index (κ3) is 4.57. The van der Waals surface area contributed by atoms with E-state index in [9.17, 15) is 19.8 Å². The fourth-order valence-corrected chi connectivity index (χ4v) is 5.43. The minimum Gasteiger partial charge on any atom is -0.501 e. The first kappa shape index (κ1) is 27.2. The van der Waals surface area contributed by atoms with Crippen LogP contribution in [0.25, 0.3) is 22.7 Å². The summed E-state index contributed by atoms with van der Waals surface area (Å²) in [4.78, 5) is 38.7. The molecule has 1 amide bonds. The Morgan fingerprint density at radius 1 is 1.10 bits per heavy atom. The number of hydrogen-bond donors (Lipinski definition) is 2. The number of halogens is 1. The Morgan fingerprint density at radius 3 is 2.62 bits per heavy atom. The number of aromatic hydroxyl groups is 1. The Bertz CT molecular complexity index is 1850. The van der Waals surface area contributed by atoms with Crippen molar-refractivity contribution >= 4 is 23.0 Å². The van der Waals surface area contributed by atoms with Crippen LogP contribution in [0.4, 0.5) is 10.3 Å². The molecule has 1 aliphatic rings. The molecule has 0 radical (unpaired) electrons. The normalized spacial score (nSPS) is 14.7. The summed E-state index contributed by atoms with van der Waals surface area (Å²) in [7, 11) is 3.08. The highest BCUT2D eigenvalue weighted by Gasteiger charge is 2.35. The van der Waals surface area contributed by atoms with E-state index in [1.807, 2.05) is 6.07 Å². The van der Waals surface area contributed by atoms with Gasteiger partial charge < -0.3 is 24.4 Å². The fourth-order valence-electron chi connectivity index (χ4n) is 5.43. The third-order valence-electron chi connectivity index (χ3n) is 7.60. The molecule has 0 saturated carbocycles. The van der Waals surface area contributed by atoms with E-state index in [1.165, 1.54) is 22.6 Å². The summed E-state index contributed by atoms with van der Waals surface area (Å²) < 4.78 is 22.5. The maximum Gasteiger partial charge on any atom is 0.297 e. The number of oxazole rings is 1. The Balaban J connectivity index is 1.53. The summed E-state index contributed by atoms with van der Waals surface area (Å²) >= 11 is 0. The number of aliphatic hydroxyl groups excluding tert-OH is 1. The van der Waals surface area contributed by atoms with Crippen LogP contribution in [0, 0.1) is 5.82 Å². The molecule has 11 heteroatoms. The third-order valence-corrected chi connectivity index (χ3v) is 7.60. The van der Waals surface area contributed by atoms with Gasteiger partial charge in [0, 0.05) is 38.3 Å². The van der Waals surface area contributed by atoms with Crippen LogP contribution in [0.3, 0.4) is 0 Å². The molecule has 0 saturated heterocycles. The first-order valence-electron chi connectivity index (χ1n) is 13.4. The zero-order chi connectivity index (χ0) is 29.5. The van der Waals surface area contributed by atoms with Gasteiger partial charge in [-0.15, -0.1) is 0 Å². The average Bonchev–Trinajstić information content (AvgIpc) is 3.43. The highest BCUT2D eigenvalue weighted by atomic mass is 19.1. The molecule has 1 atom stereocenters. The van der Waals surface area contributed by atoms with Crippen LogP contribution < -0.4 is 10.5 Å². The number of rotatable bonds is 6. The van der Waals surface area contributed by atoms with Crippen LogP contribution in [-0.4, -0.2) is 62.3 Å². The van der Waals surface area contributed by atoms with E-state index in [0.29, 0.717) is 40.8 Å². The molecular formula is C31H28FN5O5. The smallest absolute Gasteiger partial charge is 0.297 e. The summed E-state index contributed by atoms with van der Waals surface area (Å²) in [6, 6.07) is 17.9. The second-order valence-electron chi connectivity index (χ2n) is 10.2. The van der Waals surface area contributed by atoms with Crippen molar-refractivity contribution < 1.29 is 23.8 Å². The Kier molecular flexibility index (Phi) is 6.95. The van der Waals surface area contributed by atoms with Gasteiger partial charge in [-0.25, -0.2) is 14.4 Å². The van der Waals surface area contributed by atoms with Gasteiger partial charge in [0.15, 0.2) is 11.3 Å². The van der Waals surface area contributed by atoms with Crippen molar-refractivity contribution in [1.29, 1.82) is 0 Å². The first-order chi connectivity index (χ1) is 20.3. The summed E-state index contributed by atoms with van der Waals surface area (Å²) in [5, 5.41) is 20.1. The van der Waals surface area contributed by atoms with E-state index in [2.05, 4.69) is 9.97 Å². The van der Waals surface area contributed by atoms with Crippen molar-refractivity contribution in [3.63, 3.8) is 0 Å². The lowest BCUT2D eigenvalue weighted by molar-refractivity contribution is 0.0767. The Labute approximate surface area is 239 Å². The number of carbonyl (C=O) groups is 1. The van der Waals surface area contributed by atoms with Crippen molar-refractivity contribution in [2.24, 2.45) is 7.05 Å². The number of nitrogens with zero attached hydrogens (tertiary/aromatic N) is 5. The number of carbonyl (C=O) groups excluding carboxylic acids is 1. The number of hydrogen-bond acceptors (Lipinski definition) is 8. The zero-order valence-corrected chi connectivity index (χ0v) is 23.0. The lowest BCUT2D eigenvalue weighted by atomic mass is 9.86. The van der Waals surface area contributed by atoms with Crippen LogP contribution in [0.5, 0.6) is 5.75 Å². The molecule has 2 N–H and O–H groups in total. The second-order valence-corrected chi connectivity index (χ2v) is 10.2. The predicted octanol–water partition coefficient (Wildman–Crippen LogP) is 3.65. The number of aromatic nitrogens is 3. The molecule has 2 aromatic heterocycles. The largest absolute Gasteiger partial charge is 0.501 e. The van der Waals surface area contributed by atoms with E-state index >= 15 is 4.39 Å². The minimum atomic E-state index is -0.759. The minimum absolute atomic E-state index is 0.0210. The number of para-hydroxylation sites is 2. The molecule has 0 unspecified atom stereocenters. The quantitative estimate of drug-likeness (QED) is 0.318. The number of aliphatic hydroxyl groups is 1. The summed E-state index contributed by atoms with van der Waals surface area (Å²) in [6.07, 6.45) is 0.524. The van der Waals surface area contributed by atoms with Gasteiger partial charge in [0.1, 0.15) is 11.3 Å². The first-order valence-corrected chi connectivity index (χ1v) is 13.4. The van der Waals surface area contributed by atoms with Crippen molar-refractivity contribution in [1.82, 2.24) is 19.4 Å². The average molecular weight is 570 g/mol. The van der Waals surface area contributed by atoms with E-state index < -0.39 is 23.2 Å². The monoisotopic (exact) mass is 569 g/mol. The maximum absolute atomic E-state index is 15.5. The van der Waals surface area contributed by atoms with Gasteiger partial charge in [-0.3, -0.25) is 14.2 Å². The van der Waals surface area contributed by atoms with Crippen molar-refractivity contribution in [2.45, 2.75) is 12.5 Å². The van der Waals surface area contributed by atoms with Gasteiger partial charge >= 0.3 is 0 Å². The molecule has 0 spiro atoms. The zero-order valence-electron chi connectivity index (χ0n) is 23.0. The molecule has 3 aromatic carbocycles. The molecule has 0 bridgehead atoms. The van der Waals surface area contributed by atoms with Gasteiger partial charge in [-0.05, 0) is 47.9 Å². The lowest BCUT2D eigenvalue weighted by Crippen LogP contribution is -2.41. The molecule has 214 valence electrons. The molecule has 5 aromatic rings. The Hall–Kier alpha value is -5.03. The van der Waals surface area contributed by atoms with E-state index in [-0.39, 0.29) is 36.6 Å². The van der Waals surface area contributed by atoms with Gasteiger partial charge in [0.05, 0.1) is 12.6 Å². The SMILES string of the molecule is CN(CCO)C(=O)c1ccc2c(c1)[C@H](c1ccccc1F)N(c1nc(-c3nc4ccccc4o3)c(O)c(=O)n1C)CC2. The van der Waals surface area contributed by atoms with E-state index in [0.717, 1.165) is 5.56 Å². The number of fused-ring (bicyclic) bond motifs is 2. The molecular weight excluding hydrogens is 541 g/mol. The number of benzene rings is 3. The molecule has 42 heavy (non-hydrogen) atoms. The summed E-state index contributed by atoms with van der Waals surface area (Å²) in [5.74, 6) is -1.22. The van der Waals surface area contributed by atoms with Crippen LogP contribution >= 0.6 is 0 Å². The van der Waals surface area contributed by atoms with Gasteiger partial charge in [0.25, 0.3) is 17.4 Å². The number of amides is 1. The van der Waals surface area contributed by atoms with Crippen molar-refractivity contribution in [3.05, 3.63) is 105 Å².